The molecule has 0 aromatic carbocycles. The topological polar surface area (TPSA) is 39.1 Å². The Balaban J connectivity index is 1.98. The molecule has 0 radical (unpaired) electrons. The van der Waals surface area contributed by atoms with Gasteiger partial charge in [-0.2, -0.15) is 0 Å². The Bertz CT molecular complexity index is 398. The van der Waals surface area contributed by atoms with Gasteiger partial charge in [-0.1, -0.05) is 13.8 Å². The highest BCUT2D eigenvalue weighted by Gasteiger charge is 2.30. The van der Waals surface area contributed by atoms with Gasteiger partial charge in [-0.05, 0) is 39.2 Å². The van der Waals surface area contributed by atoms with Crippen molar-refractivity contribution in [3.63, 3.8) is 0 Å². The van der Waals surface area contributed by atoms with Crippen LogP contribution in [-0.4, -0.2) is 28.3 Å². The summed E-state index contributed by atoms with van der Waals surface area (Å²) in [6.07, 6.45) is 6.09. The lowest BCUT2D eigenvalue weighted by Gasteiger charge is -2.36. The quantitative estimate of drug-likeness (QED) is 0.889. The van der Waals surface area contributed by atoms with E-state index in [0.717, 1.165) is 32.5 Å². The maximum atomic E-state index is 5.80. The zero-order chi connectivity index (χ0) is 13.9. The molecule has 1 N–H and O–H groups in total. The van der Waals surface area contributed by atoms with Crippen LogP contribution in [0.15, 0.2) is 12.5 Å². The van der Waals surface area contributed by atoms with Crippen LogP contribution in [-0.2, 0) is 11.3 Å². The Kier molecular flexibility index (Phi) is 4.63. The molecule has 1 unspecified atom stereocenters. The van der Waals surface area contributed by atoms with Gasteiger partial charge < -0.3 is 14.6 Å². The van der Waals surface area contributed by atoms with Crippen LogP contribution in [0.1, 0.15) is 52.3 Å². The molecule has 108 valence electrons. The van der Waals surface area contributed by atoms with Crippen LogP contribution in [0.25, 0.3) is 0 Å². The van der Waals surface area contributed by atoms with Crippen molar-refractivity contribution in [3.05, 3.63) is 18.2 Å². The van der Waals surface area contributed by atoms with Crippen molar-refractivity contribution < 1.29 is 4.74 Å². The first-order valence-electron chi connectivity index (χ1n) is 7.33. The van der Waals surface area contributed by atoms with Crippen LogP contribution < -0.4 is 5.32 Å². The molecular weight excluding hydrogens is 238 g/mol. The van der Waals surface area contributed by atoms with Crippen LogP contribution in [0.4, 0.5) is 0 Å². The average Bonchev–Trinajstić information content (AvgIpc) is 2.75. The molecule has 1 saturated heterocycles. The summed E-state index contributed by atoms with van der Waals surface area (Å²) >= 11 is 0. The first kappa shape index (κ1) is 14.5. The second kappa shape index (κ2) is 6.06. The molecule has 1 aromatic heterocycles. The fraction of sp³-hybridized carbons (Fsp3) is 0.800. The summed E-state index contributed by atoms with van der Waals surface area (Å²) in [4.78, 5) is 4.32. The smallest absolute Gasteiger partial charge is 0.0951 e. The Morgan fingerprint density at radius 1 is 1.53 bits per heavy atom. The summed E-state index contributed by atoms with van der Waals surface area (Å²) in [6.45, 7) is 11.6. The summed E-state index contributed by atoms with van der Waals surface area (Å²) < 4.78 is 8.13. The number of imidazole rings is 1. The summed E-state index contributed by atoms with van der Waals surface area (Å²) in [5.74, 6) is 0.679. The number of aromatic nitrogens is 2. The molecule has 19 heavy (non-hydrogen) atoms. The van der Waals surface area contributed by atoms with Crippen molar-refractivity contribution >= 4 is 0 Å². The van der Waals surface area contributed by atoms with Crippen LogP contribution in [0.3, 0.4) is 0 Å². The van der Waals surface area contributed by atoms with Crippen LogP contribution in [0.2, 0.25) is 0 Å². The van der Waals surface area contributed by atoms with E-state index in [4.69, 9.17) is 4.74 Å². The Hall–Kier alpha value is -0.870. The van der Waals surface area contributed by atoms with Crippen LogP contribution >= 0.6 is 0 Å². The van der Waals surface area contributed by atoms with Crippen molar-refractivity contribution in [1.82, 2.24) is 14.9 Å². The first-order chi connectivity index (χ1) is 8.98. The molecule has 1 aliphatic heterocycles. The van der Waals surface area contributed by atoms with Crippen LogP contribution in [0.5, 0.6) is 0 Å². The molecular formula is C15H27N3O. The van der Waals surface area contributed by atoms with Crippen molar-refractivity contribution in [1.29, 1.82) is 0 Å². The zero-order valence-corrected chi connectivity index (χ0v) is 12.6. The Labute approximate surface area is 116 Å². The van der Waals surface area contributed by atoms with Crippen molar-refractivity contribution in [2.75, 3.05) is 13.2 Å². The number of ether oxygens (including phenoxy) is 1. The van der Waals surface area contributed by atoms with Gasteiger partial charge in [0, 0.05) is 25.4 Å². The van der Waals surface area contributed by atoms with Gasteiger partial charge in [-0.3, -0.25) is 0 Å². The van der Waals surface area contributed by atoms with E-state index in [-0.39, 0.29) is 5.60 Å². The van der Waals surface area contributed by atoms with Crippen molar-refractivity contribution in [2.24, 2.45) is 5.92 Å². The first-order valence-corrected chi connectivity index (χ1v) is 7.33. The highest BCUT2D eigenvalue weighted by atomic mass is 16.5. The maximum Gasteiger partial charge on any atom is 0.0951 e. The minimum atomic E-state index is -0.0180. The third-order valence-corrected chi connectivity index (χ3v) is 3.67. The van der Waals surface area contributed by atoms with Gasteiger partial charge in [0.15, 0.2) is 0 Å². The Morgan fingerprint density at radius 3 is 3.00 bits per heavy atom. The molecule has 0 bridgehead atoms. The lowest BCUT2D eigenvalue weighted by Crippen LogP contribution is -2.35. The van der Waals surface area contributed by atoms with Gasteiger partial charge in [0.2, 0.25) is 0 Å². The second-order valence-corrected chi connectivity index (χ2v) is 6.57. The average molecular weight is 265 g/mol. The molecule has 2 rings (SSSR count). The van der Waals surface area contributed by atoms with Crippen molar-refractivity contribution in [2.45, 2.75) is 58.7 Å². The van der Waals surface area contributed by atoms with E-state index >= 15 is 0 Å². The Morgan fingerprint density at radius 2 is 2.32 bits per heavy atom. The SMILES string of the molecule is CC(C)CNCc1cncn1C1CCOC(C)(C)C1. The fourth-order valence-corrected chi connectivity index (χ4v) is 2.72. The molecule has 1 aromatic rings. The lowest BCUT2D eigenvalue weighted by atomic mass is 9.93. The van der Waals surface area contributed by atoms with E-state index in [1.165, 1.54) is 5.69 Å². The fourth-order valence-electron chi connectivity index (χ4n) is 2.72. The second-order valence-electron chi connectivity index (χ2n) is 6.57. The molecule has 0 spiro atoms. The molecule has 1 fully saturated rings. The number of rotatable bonds is 5. The van der Waals surface area contributed by atoms with Crippen LogP contribution in [0, 0.1) is 5.92 Å². The monoisotopic (exact) mass is 265 g/mol. The standard InChI is InChI=1S/C15H27N3O/c1-12(2)8-16-9-14-10-17-11-18(14)13-5-6-19-15(3,4)7-13/h10-13,16H,5-9H2,1-4H3. The maximum absolute atomic E-state index is 5.80. The zero-order valence-electron chi connectivity index (χ0n) is 12.6. The number of nitrogens with zero attached hydrogens (tertiary/aromatic N) is 2. The largest absolute Gasteiger partial charge is 0.375 e. The van der Waals surface area contributed by atoms with E-state index in [1.54, 1.807) is 0 Å². The number of hydrogen-bond donors (Lipinski definition) is 1. The molecule has 1 aliphatic rings. The molecule has 0 aliphatic carbocycles. The van der Waals surface area contributed by atoms with Gasteiger partial charge in [0.25, 0.3) is 0 Å². The highest BCUT2D eigenvalue weighted by molar-refractivity contribution is 5.01. The minimum absolute atomic E-state index is 0.0180. The number of nitrogens with one attached hydrogen (secondary N) is 1. The summed E-state index contributed by atoms with van der Waals surface area (Å²) in [5.41, 5.74) is 1.26. The predicted octanol–water partition coefficient (Wildman–Crippen LogP) is 2.76. The molecule has 0 amide bonds. The molecule has 1 atom stereocenters. The summed E-state index contributed by atoms with van der Waals surface area (Å²) in [6, 6.07) is 0.516. The molecule has 0 saturated carbocycles. The molecule has 2 heterocycles. The van der Waals surface area contributed by atoms with Crippen molar-refractivity contribution in [3.8, 4) is 0 Å². The normalized spacial score (nSPS) is 22.9. The van der Waals surface area contributed by atoms with Gasteiger partial charge in [0.1, 0.15) is 0 Å². The molecule has 4 nitrogen and oxygen atoms in total. The van der Waals surface area contributed by atoms with E-state index < -0.39 is 0 Å². The van der Waals surface area contributed by atoms with Gasteiger partial charge >= 0.3 is 0 Å². The minimum Gasteiger partial charge on any atom is -0.375 e. The predicted molar refractivity (Wildman–Crippen MR) is 77.1 cm³/mol. The lowest BCUT2D eigenvalue weighted by molar-refractivity contribution is -0.0694. The third kappa shape index (κ3) is 4.05. The number of hydrogen-bond acceptors (Lipinski definition) is 3. The van der Waals surface area contributed by atoms with Gasteiger partial charge in [-0.15, -0.1) is 0 Å². The van der Waals surface area contributed by atoms with E-state index in [1.807, 2.05) is 12.5 Å². The van der Waals surface area contributed by atoms with E-state index in [9.17, 15) is 0 Å². The highest BCUT2D eigenvalue weighted by Crippen LogP contribution is 2.32. The van der Waals surface area contributed by atoms with Gasteiger partial charge in [-0.25, -0.2) is 4.98 Å². The molecule has 4 heteroatoms. The van der Waals surface area contributed by atoms with Gasteiger partial charge in [0.05, 0.1) is 17.6 Å². The summed E-state index contributed by atoms with van der Waals surface area (Å²) in [5, 5.41) is 3.50. The third-order valence-electron chi connectivity index (χ3n) is 3.67. The van der Waals surface area contributed by atoms with E-state index in [0.29, 0.717) is 12.0 Å². The van der Waals surface area contributed by atoms with E-state index in [2.05, 4.69) is 42.6 Å². The summed E-state index contributed by atoms with van der Waals surface area (Å²) in [7, 11) is 0.